The number of nitriles is 1. The average Bonchev–Trinajstić information content (AvgIpc) is 2.67. The molecule has 3 rings (SSSR count). The van der Waals surface area contributed by atoms with E-state index >= 15 is 0 Å². The minimum absolute atomic E-state index is 0.228. The molecule has 1 N–H and O–H groups in total. The first-order valence-corrected chi connectivity index (χ1v) is 8.70. The van der Waals surface area contributed by atoms with Crippen molar-refractivity contribution >= 4 is 16.8 Å². The second kappa shape index (κ2) is 7.50. The lowest BCUT2D eigenvalue weighted by Gasteiger charge is -2.20. The Kier molecular flexibility index (Phi) is 5.11. The largest absolute Gasteiger partial charge is 0.336 e. The van der Waals surface area contributed by atoms with Gasteiger partial charge in [0.2, 0.25) is 0 Å². The maximum atomic E-state index is 13.7. The van der Waals surface area contributed by atoms with Gasteiger partial charge in [0.25, 0.3) is 5.91 Å². The summed E-state index contributed by atoms with van der Waals surface area (Å²) in [7, 11) is 0. The number of amides is 1. The Morgan fingerprint density at radius 3 is 2.75 bits per heavy atom. The zero-order chi connectivity index (χ0) is 20.3. The van der Waals surface area contributed by atoms with Gasteiger partial charge >= 0.3 is 0 Å². The smallest absolute Gasteiger partial charge is 0.254 e. The first-order chi connectivity index (χ1) is 13.3. The normalized spacial score (nSPS) is 10.7. The van der Waals surface area contributed by atoms with Crippen molar-refractivity contribution in [3.63, 3.8) is 0 Å². The summed E-state index contributed by atoms with van der Waals surface area (Å²) in [6.45, 7) is 5.49. The Bertz CT molecular complexity index is 1180. The fourth-order valence-electron chi connectivity index (χ4n) is 2.68. The number of rotatable bonds is 2. The van der Waals surface area contributed by atoms with E-state index in [9.17, 15) is 9.18 Å². The molecule has 0 aliphatic rings. The maximum Gasteiger partial charge on any atom is 0.254 e. The molecular weight excluding hydrogens is 353 g/mol. The van der Waals surface area contributed by atoms with Crippen LogP contribution in [0.15, 0.2) is 48.7 Å². The topological polar surface area (TPSA) is 65.8 Å². The zero-order valence-electron chi connectivity index (χ0n) is 15.8. The van der Waals surface area contributed by atoms with Crippen LogP contribution in [0, 0.1) is 35.9 Å². The van der Waals surface area contributed by atoms with Crippen LogP contribution in [0.4, 0.5) is 4.39 Å². The number of benzene rings is 2. The molecule has 1 heterocycles. The number of fused-ring (bicyclic) bond motifs is 1. The molecule has 0 atom stereocenters. The highest BCUT2D eigenvalue weighted by Gasteiger charge is 2.19. The lowest BCUT2D eigenvalue weighted by Crippen LogP contribution is -2.42. The van der Waals surface area contributed by atoms with Crippen LogP contribution in [0.5, 0.6) is 0 Å². The van der Waals surface area contributed by atoms with Gasteiger partial charge in [-0.25, -0.2) is 4.39 Å². The number of aromatic nitrogens is 1. The van der Waals surface area contributed by atoms with Gasteiger partial charge in [0.05, 0.1) is 22.7 Å². The highest BCUT2D eigenvalue weighted by Crippen LogP contribution is 2.17. The highest BCUT2D eigenvalue weighted by atomic mass is 19.1. The maximum absolute atomic E-state index is 13.7. The molecule has 0 radical (unpaired) electrons. The van der Waals surface area contributed by atoms with Gasteiger partial charge in [0, 0.05) is 17.1 Å². The van der Waals surface area contributed by atoms with Gasteiger partial charge in [-0.2, -0.15) is 5.26 Å². The molecule has 5 heteroatoms. The molecule has 28 heavy (non-hydrogen) atoms. The monoisotopic (exact) mass is 371 g/mol. The summed E-state index contributed by atoms with van der Waals surface area (Å²) in [5.41, 5.74) is 1.97. The number of carbonyl (C=O) groups is 1. The molecule has 0 aliphatic carbocycles. The number of hydrogen-bond acceptors (Lipinski definition) is 3. The van der Waals surface area contributed by atoms with Gasteiger partial charge in [0.15, 0.2) is 0 Å². The lowest BCUT2D eigenvalue weighted by molar-refractivity contribution is 0.0929. The Morgan fingerprint density at radius 1 is 1.21 bits per heavy atom. The number of aryl methyl sites for hydroxylation is 1. The predicted octanol–water partition coefficient (Wildman–Crippen LogP) is 4.11. The number of halogens is 1. The van der Waals surface area contributed by atoms with Crippen molar-refractivity contribution in [2.24, 2.45) is 0 Å². The standard InChI is InChI=1S/C23H18FN3O/c1-15-7-8-16(13-25)11-17(15)9-10-23(2,3)27-22(28)19-12-18-5-4-6-20(24)21(18)26-14-19/h4-8,11-12,14H,1-3H3,(H,27,28). The van der Waals surface area contributed by atoms with E-state index in [1.54, 1.807) is 44.2 Å². The van der Waals surface area contributed by atoms with Gasteiger partial charge in [-0.3, -0.25) is 9.78 Å². The molecule has 0 unspecified atom stereocenters. The molecule has 138 valence electrons. The number of nitrogens with one attached hydrogen (secondary N) is 1. The summed E-state index contributed by atoms with van der Waals surface area (Å²) < 4.78 is 13.7. The van der Waals surface area contributed by atoms with Crippen molar-refractivity contribution in [1.29, 1.82) is 5.26 Å². The Balaban J connectivity index is 1.83. The number of hydrogen-bond donors (Lipinski definition) is 1. The van der Waals surface area contributed by atoms with E-state index in [0.717, 1.165) is 11.1 Å². The number of nitrogens with zero attached hydrogens (tertiary/aromatic N) is 2. The van der Waals surface area contributed by atoms with Crippen LogP contribution >= 0.6 is 0 Å². The molecule has 0 fully saturated rings. The number of pyridine rings is 1. The van der Waals surface area contributed by atoms with Crippen molar-refractivity contribution in [2.75, 3.05) is 0 Å². The molecule has 1 aromatic heterocycles. The molecule has 0 aliphatic heterocycles. The molecule has 2 aromatic carbocycles. The van der Waals surface area contributed by atoms with E-state index in [1.165, 1.54) is 12.3 Å². The van der Waals surface area contributed by atoms with Crippen LogP contribution in [0.3, 0.4) is 0 Å². The third-order valence-corrected chi connectivity index (χ3v) is 4.23. The van der Waals surface area contributed by atoms with Crippen LogP contribution in [-0.4, -0.2) is 16.4 Å². The van der Waals surface area contributed by atoms with Crippen LogP contribution < -0.4 is 5.32 Å². The third kappa shape index (κ3) is 4.16. The lowest BCUT2D eigenvalue weighted by atomic mass is 10.0. The molecule has 4 nitrogen and oxygen atoms in total. The SMILES string of the molecule is Cc1ccc(C#N)cc1C#CC(C)(C)NC(=O)c1cnc2c(F)cccc2c1. The van der Waals surface area contributed by atoms with E-state index in [1.807, 2.05) is 13.0 Å². The highest BCUT2D eigenvalue weighted by molar-refractivity contribution is 5.97. The molecule has 0 saturated heterocycles. The number of para-hydroxylation sites is 1. The van der Waals surface area contributed by atoms with Crippen molar-refractivity contribution in [1.82, 2.24) is 10.3 Å². The minimum atomic E-state index is -0.816. The van der Waals surface area contributed by atoms with Crippen molar-refractivity contribution < 1.29 is 9.18 Å². The van der Waals surface area contributed by atoms with Gasteiger partial charge in [0.1, 0.15) is 11.3 Å². The van der Waals surface area contributed by atoms with Crippen molar-refractivity contribution in [3.05, 3.63) is 76.7 Å². The second-order valence-corrected chi connectivity index (χ2v) is 7.01. The summed E-state index contributed by atoms with van der Waals surface area (Å²) in [5, 5.41) is 12.4. The Hall–Kier alpha value is -3.70. The number of carbonyl (C=O) groups excluding carboxylic acids is 1. The molecule has 3 aromatic rings. The van der Waals surface area contributed by atoms with Gasteiger partial charge in [-0.15, -0.1) is 0 Å². The fraction of sp³-hybridized carbons (Fsp3) is 0.174. The second-order valence-electron chi connectivity index (χ2n) is 7.01. The van der Waals surface area contributed by atoms with Crippen molar-refractivity contribution in [3.8, 4) is 17.9 Å². The zero-order valence-corrected chi connectivity index (χ0v) is 15.8. The molecule has 0 spiro atoms. The summed E-state index contributed by atoms with van der Waals surface area (Å²) in [4.78, 5) is 16.7. The van der Waals surface area contributed by atoms with Crippen LogP contribution in [-0.2, 0) is 0 Å². The van der Waals surface area contributed by atoms with E-state index in [0.29, 0.717) is 16.5 Å². The summed E-state index contributed by atoms with van der Waals surface area (Å²) in [5.74, 6) is 5.31. The van der Waals surface area contributed by atoms with Crippen molar-refractivity contribution in [2.45, 2.75) is 26.3 Å². The summed E-state index contributed by atoms with van der Waals surface area (Å²) in [6, 6.07) is 13.6. The van der Waals surface area contributed by atoms with Gasteiger partial charge in [-0.1, -0.05) is 30.0 Å². The first kappa shape index (κ1) is 19.1. The van der Waals surface area contributed by atoms with Crippen LogP contribution in [0.25, 0.3) is 10.9 Å². The van der Waals surface area contributed by atoms with Gasteiger partial charge < -0.3 is 5.32 Å². The van der Waals surface area contributed by atoms with Crippen LogP contribution in [0.2, 0.25) is 0 Å². The third-order valence-electron chi connectivity index (χ3n) is 4.23. The van der Waals surface area contributed by atoms with E-state index < -0.39 is 11.4 Å². The molecular formula is C23H18FN3O. The Labute approximate surface area is 163 Å². The first-order valence-electron chi connectivity index (χ1n) is 8.70. The molecule has 0 bridgehead atoms. The van der Waals surface area contributed by atoms with Crippen LogP contribution in [0.1, 0.15) is 40.9 Å². The average molecular weight is 371 g/mol. The summed E-state index contributed by atoms with van der Waals surface area (Å²) >= 11 is 0. The quantitative estimate of drug-likeness (QED) is 0.689. The van der Waals surface area contributed by atoms with E-state index in [-0.39, 0.29) is 11.4 Å². The summed E-state index contributed by atoms with van der Waals surface area (Å²) in [6.07, 6.45) is 1.35. The minimum Gasteiger partial charge on any atom is -0.336 e. The predicted molar refractivity (Wildman–Crippen MR) is 106 cm³/mol. The van der Waals surface area contributed by atoms with E-state index in [4.69, 9.17) is 5.26 Å². The molecule has 1 amide bonds. The van der Waals surface area contributed by atoms with E-state index in [2.05, 4.69) is 28.2 Å². The molecule has 0 saturated carbocycles. The fourth-order valence-corrected chi connectivity index (χ4v) is 2.68. The Morgan fingerprint density at radius 2 is 2.00 bits per heavy atom. The van der Waals surface area contributed by atoms with Gasteiger partial charge in [-0.05, 0) is 50.6 Å².